The second-order valence-corrected chi connectivity index (χ2v) is 6.00. The zero-order valence-corrected chi connectivity index (χ0v) is 11.4. The smallest absolute Gasteiger partial charge is 0.239 e. The van der Waals surface area contributed by atoms with Gasteiger partial charge in [0.15, 0.2) is 0 Å². The molecule has 1 amide bonds. The van der Waals surface area contributed by atoms with Crippen LogP contribution in [-0.2, 0) is 4.79 Å². The van der Waals surface area contributed by atoms with Gasteiger partial charge < -0.3 is 10.2 Å². The Morgan fingerprint density at radius 3 is 2.53 bits per heavy atom. The minimum atomic E-state index is 0.0891. The van der Waals surface area contributed by atoms with Crippen LogP contribution in [0.25, 0.3) is 0 Å². The molecule has 0 aromatic carbocycles. The Morgan fingerprint density at radius 1 is 1.29 bits per heavy atom. The molecule has 98 valence electrons. The molecule has 0 aliphatic carbocycles. The molecule has 0 aromatic heterocycles. The summed E-state index contributed by atoms with van der Waals surface area (Å²) in [7, 11) is 0. The van der Waals surface area contributed by atoms with Gasteiger partial charge in [0.2, 0.25) is 5.91 Å². The van der Waals surface area contributed by atoms with E-state index in [9.17, 15) is 4.79 Å². The first kappa shape index (κ1) is 12.9. The van der Waals surface area contributed by atoms with E-state index in [4.69, 9.17) is 0 Å². The van der Waals surface area contributed by atoms with Crippen LogP contribution in [0.1, 0.15) is 40.0 Å². The van der Waals surface area contributed by atoms with Crippen molar-refractivity contribution in [3.8, 4) is 0 Å². The van der Waals surface area contributed by atoms with Gasteiger partial charge in [0.1, 0.15) is 0 Å². The summed E-state index contributed by atoms with van der Waals surface area (Å²) in [6, 6.07) is 0.0891. The third-order valence-electron chi connectivity index (χ3n) is 4.69. The lowest BCUT2D eigenvalue weighted by Crippen LogP contribution is -2.49. The Morgan fingerprint density at radius 2 is 1.94 bits per heavy atom. The number of carbonyl (C=O) groups is 1. The highest BCUT2D eigenvalue weighted by atomic mass is 16.2. The maximum atomic E-state index is 12.4. The standard InChI is InChI=1S/C14H26N2O/c1-4-12-5-6-15-13(7-12)14(17)16-8-10(2)11(3)9-16/h10-13,15H,4-9H2,1-3H3. The first-order valence-corrected chi connectivity index (χ1v) is 7.14. The van der Waals surface area contributed by atoms with E-state index in [0.717, 1.165) is 32.0 Å². The predicted octanol–water partition coefficient (Wildman–Crippen LogP) is 1.88. The van der Waals surface area contributed by atoms with Crippen molar-refractivity contribution < 1.29 is 4.79 Å². The molecule has 2 fully saturated rings. The quantitative estimate of drug-likeness (QED) is 0.796. The molecule has 1 N–H and O–H groups in total. The van der Waals surface area contributed by atoms with Crippen LogP contribution in [0.3, 0.4) is 0 Å². The van der Waals surface area contributed by atoms with Crippen molar-refractivity contribution in [2.45, 2.75) is 46.1 Å². The normalized spacial score (nSPS) is 38.4. The molecule has 4 unspecified atom stereocenters. The number of hydrogen-bond donors (Lipinski definition) is 1. The van der Waals surface area contributed by atoms with Gasteiger partial charge in [-0.3, -0.25) is 4.79 Å². The molecule has 2 aliphatic heterocycles. The average molecular weight is 238 g/mol. The topological polar surface area (TPSA) is 32.3 Å². The van der Waals surface area contributed by atoms with Gasteiger partial charge >= 0.3 is 0 Å². The van der Waals surface area contributed by atoms with Crippen molar-refractivity contribution in [2.75, 3.05) is 19.6 Å². The van der Waals surface area contributed by atoms with Gasteiger partial charge in [-0.2, -0.15) is 0 Å². The van der Waals surface area contributed by atoms with E-state index in [-0.39, 0.29) is 6.04 Å². The lowest BCUT2D eigenvalue weighted by molar-refractivity contribution is -0.133. The van der Waals surface area contributed by atoms with Crippen LogP contribution in [0.5, 0.6) is 0 Å². The van der Waals surface area contributed by atoms with Gasteiger partial charge in [-0.05, 0) is 37.1 Å². The number of likely N-dealkylation sites (tertiary alicyclic amines) is 1. The Labute approximate surface area is 105 Å². The summed E-state index contributed by atoms with van der Waals surface area (Å²) in [5, 5.41) is 3.40. The third-order valence-corrected chi connectivity index (χ3v) is 4.69. The van der Waals surface area contributed by atoms with Crippen molar-refractivity contribution >= 4 is 5.91 Å². The molecule has 0 saturated carbocycles. The van der Waals surface area contributed by atoms with Crippen LogP contribution >= 0.6 is 0 Å². The van der Waals surface area contributed by atoms with Crippen molar-refractivity contribution in [3.05, 3.63) is 0 Å². The van der Waals surface area contributed by atoms with Crippen molar-refractivity contribution in [2.24, 2.45) is 17.8 Å². The molecule has 2 heterocycles. The maximum absolute atomic E-state index is 12.4. The van der Waals surface area contributed by atoms with Gasteiger partial charge in [0.05, 0.1) is 6.04 Å². The van der Waals surface area contributed by atoms with E-state index < -0.39 is 0 Å². The molecule has 17 heavy (non-hydrogen) atoms. The number of rotatable bonds is 2. The molecule has 3 nitrogen and oxygen atoms in total. The van der Waals surface area contributed by atoms with E-state index >= 15 is 0 Å². The highest BCUT2D eigenvalue weighted by Gasteiger charge is 2.34. The lowest BCUT2D eigenvalue weighted by atomic mass is 9.90. The summed E-state index contributed by atoms with van der Waals surface area (Å²) >= 11 is 0. The number of nitrogens with one attached hydrogen (secondary N) is 1. The number of nitrogens with zero attached hydrogens (tertiary/aromatic N) is 1. The zero-order chi connectivity index (χ0) is 12.4. The van der Waals surface area contributed by atoms with E-state index in [1.54, 1.807) is 0 Å². The van der Waals surface area contributed by atoms with E-state index in [1.807, 2.05) is 0 Å². The Bertz CT molecular complexity index is 269. The Hall–Kier alpha value is -0.570. The summed E-state index contributed by atoms with van der Waals surface area (Å²) in [4.78, 5) is 14.5. The fourth-order valence-corrected chi connectivity index (χ4v) is 3.09. The minimum Gasteiger partial charge on any atom is -0.341 e. The van der Waals surface area contributed by atoms with E-state index in [1.165, 1.54) is 12.8 Å². The largest absolute Gasteiger partial charge is 0.341 e. The molecule has 0 radical (unpaired) electrons. The number of carbonyl (C=O) groups excluding carboxylic acids is 1. The van der Waals surface area contributed by atoms with Crippen LogP contribution in [0, 0.1) is 17.8 Å². The van der Waals surface area contributed by atoms with Crippen molar-refractivity contribution in [3.63, 3.8) is 0 Å². The molecule has 2 rings (SSSR count). The highest BCUT2D eigenvalue weighted by molar-refractivity contribution is 5.82. The Balaban J connectivity index is 1.91. The van der Waals surface area contributed by atoms with Gasteiger partial charge in [-0.15, -0.1) is 0 Å². The predicted molar refractivity (Wildman–Crippen MR) is 69.7 cm³/mol. The molecular formula is C14H26N2O. The number of amides is 1. The molecule has 4 atom stereocenters. The SMILES string of the molecule is CCC1CCNC(C(=O)N2CC(C)C(C)C2)C1. The van der Waals surface area contributed by atoms with Crippen molar-refractivity contribution in [1.29, 1.82) is 0 Å². The van der Waals surface area contributed by atoms with Crippen LogP contribution < -0.4 is 5.32 Å². The van der Waals surface area contributed by atoms with Gasteiger partial charge in [0, 0.05) is 13.1 Å². The van der Waals surface area contributed by atoms with Crippen LogP contribution in [0.15, 0.2) is 0 Å². The molecular weight excluding hydrogens is 212 g/mol. The molecule has 2 aliphatic rings. The first-order valence-electron chi connectivity index (χ1n) is 7.14. The zero-order valence-electron chi connectivity index (χ0n) is 11.4. The van der Waals surface area contributed by atoms with Crippen LogP contribution in [0.2, 0.25) is 0 Å². The molecule has 0 bridgehead atoms. The molecule has 0 spiro atoms. The highest BCUT2D eigenvalue weighted by Crippen LogP contribution is 2.25. The lowest BCUT2D eigenvalue weighted by Gasteiger charge is -2.31. The van der Waals surface area contributed by atoms with Crippen LogP contribution in [-0.4, -0.2) is 36.5 Å². The van der Waals surface area contributed by atoms with Gasteiger partial charge in [-0.1, -0.05) is 27.2 Å². The summed E-state index contributed by atoms with van der Waals surface area (Å²) in [6.07, 6.45) is 3.47. The molecule has 2 saturated heterocycles. The number of hydrogen-bond acceptors (Lipinski definition) is 2. The fourth-order valence-electron chi connectivity index (χ4n) is 3.09. The first-order chi connectivity index (χ1) is 8.11. The second kappa shape index (κ2) is 5.38. The van der Waals surface area contributed by atoms with Crippen molar-refractivity contribution in [1.82, 2.24) is 10.2 Å². The van der Waals surface area contributed by atoms with Crippen LogP contribution in [0.4, 0.5) is 0 Å². The summed E-state index contributed by atoms with van der Waals surface area (Å²) in [6.45, 7) is 9.65. The minimum absolute atomic E-state index is 0.0891. The summed E-state index contributed by atoms with van der Waals surface area (Å²) < 4.78 is 0. The third kappa shape index (κ3) is 2.82. The van der Waals surface area contributed by atoms with Gasteiger partial charge in [0.25, 0.3) is 0 Å². The van der Waals surface area contributed by atoms with E-state index in [2.05, 4.69) is 31.0 Å². The Kier molecular flexibility index (Phi) is 4.08. The summed E-state index contributed by atoms with van der Waals surface area (Å²) in [5.41, 5.74) is 0. The maximum Gasteiger partial charge on any atom is 0.239 e. The molecule has 3 heteroatoms. The average Bonchev–Trinajstić information content (AvgIpc) is 2.69. The monoisotopic (exact) mass is 238 g/mol. The fraction of sp³-hybridized carbons (Fsp3) is 0.929. The second-order valence-electron chi connectivity index (χ2n) is 6.00. The van der Waals surface area contributed by atoms with E-state index in [0.29, 0.717) is 17.7 Å². The number of piperidine rings is 1. The molecule has 0 aromatic rings. The van der Waals surface area contributed by atoms with Gasteiger partial charge in [-0.25, -0.2) is 0 Å². The summed E-state index contributed by atoms with van der Waals surface area (Å²) in [5.74, 6) is 2.40.